The van der Waals surface area contributed by atoms with Gasteiger partial charge in [-0.05, 0) is 47.5 Å². The summed E-state index contributed by atoms with van der Waals surface area (Å²) >= 11 is 11.9. The van der Waals surface area contributed by atoms with Crippen molar-refractivity contribution in [2.75, 3.05) is 0 Å². The van der Waals surface area contributed by atoms with Gasteiger partial charge in [-0.15, -0.1) is 0 Å². The van der Waals surface area contributed by atoms with Crippen LogP contribution in [-0.2, 0) is 6.54 Å². The summed E-state index contributed by atoms with van der Waals surface area (Å²) in [5.41, 5.74) is 2.96. The Morgan fingerprint density at radius 3 is 2.68 bits per heavy atom. The first-order valence-electron chi connectivity index (χ1n) is 8.16. The van der Waals surface area contributed by atoms with Crippen LogP contribution in [-0.4, -0.2) is 16.7 Å². The third-order valence-corrected chi connectivity index (χ3v) is 4.57. The van der Waals surface area contributed by atoms with Crippen molar-refractivity contribution in [3.8, 4) is 0 Å². The van der Waals surface area contributed by atoms with Crippen molar-refractivity contribution in [2.24, 2.45) is 5.10 Å². The van der Waals surface area contributed by atoms with E-state index in [-0.39, 0.29) is 12.1 Å². The lowest BCUT2D eigenvalue weighted by Crippen LogP contribution is -2.30. The van der Waals surface area contributed by atoms with Crippen molar-refractivity contribution in [3.63, 3.8) is 0 Å². The molecule has 1 N–H and O–H groups in total. The zero-order valence-electron chi connectivity index (χ0n) is 14.4. The van der Waals surface area contributed by atoms with Crippen LogP contribution in [0.2, 0.25) is 10.0 Å². The predicted molar refractivity (Wildman–Crippen MR) is 108 cm³/mol. The molecule has 0 fully saturated rings. The molecule has 142 valence electrons. The molecule has 3 aromatic rings. The van der Waals surface area contributed by atoms with E-state index in [4.69, 9.17) is 23.2 Å². The van der Waals surface area contributed by atoms with Gasteiger partial charge in [0, 0.05) is 6.20 Å². The average Bonchev–Trinajstić information content (AvgIpc) is 2.66. The molecule has 0 atom stereocenters. The highest BCUT2D eigenvalue weighted by molar-refractivity contribution is 6.42. The minimum Gasteiger partial charge on any atom is -0.310 e. The zero-order valence-corrected chi connectivity index (χ0v) is 15.9. The van der Waals surface area contributed by atoms with Gasteiger partial charge in [-0.1, -0.05) is 41.4 Å². The van der Waals surface area contributed by atoms with E-state index in [0.29, 0.717) is 15.6 Å². The predicted octanol–water partition coefficient (Wildman–Crippen LogP) is 4.11. The molecule has 0 radical (unpaired) electrons. The first kappa shape index (κ1) is 19.8. The Morgan fingerprint density at radius 1 is 1.11 bits per heavy atom. The number of rotatable bonds is 5. The lowest BCUT2D eigenvalue weighted by molar-refractivity contribution is 0.0953. The van der Waals surface area contributed by atoms with E-state index < -0.39 is 17.3 Å². The third-order valence-electron chi connectivity index (χ3n) is 3.83. The Hall–Kier alpha value is -2.96. The molecule has 1 heterocycles. The number of nitrogens with zero attached hydrogens (tertiary/aromatic N) is 2. The molecule has 0 spiro atoms. The number of amides is 1. The smallest absolute Gasteiger partial charge is 0.276 e. The van der Waals surface area contributed by atoms with Crippen molar-refractivity contribution >= 4 is 35.3 Å². The highest BCUT2D eigenvalue weighted by Gasteiger charge is 2.12. The van der Waals surface area contributed by atoms with Gasteiger partial charge in [0.1, 0.15) is 11.4 Å². The molecule has 5 nitrogen and oxygen atoms in total. The quantitative estimate of drug-likeness (QED) is 0.501. The van der Waals surface area contributed by atoms with Gasteiger partial charge in [0.25, 0.3) is 11.5 Å². The molecular weight excluding hydrogens is 404 g/mol. The zero-order chi connectivity index (χ0) is 20.1. The molecule has 0 bridgehead atoms. The van der Waals surface area contributed by atoms with E-state index >= 15 is 0 Å². The second kappa shape index (κ2) is 8.82. The highest BCUT2D eigenvalue weighted by Crippen LogP contribution is 2.22. The van der Waals surface area contributed by atoms with Gasteiger partial charge in [0.15, 0.2) is 0 Å². The van der Waals surface area contributed by atoms with Crippen LogP contribution in [0, 0.1) is 5.82 Å². The Labute approximate surface area is 170 Å². The number of hydrazone groups is 1. The molecule has 0 saturated heterocycles. The van der Waals surface area contributed by atoms with E-state index in [2.05, 4.69) is 10.5 Å². The fraction of sp³-hybridized carbons (Fsp3) is 0.0500. The molecule has 0 saturated carbocycles. The summed E-state index contributed by atoms with van der Waals surface area (Å²) in [4.78, 5) is 24.9. The molecule has 0 aliphatic heterocycles. The second-order valence-corrected chi connectivity index (χ2v) is 6.67. The Kier molecular flexibility index (Phi) is 6.23. The number of hydrogen-bond acceptors (Lipinski definition) is 3. The summed E-state index contributed by atoms with van der Waals surface area (Å²) < 4.78 is 14.5. The lowest BCUT2D eigenvalue weighted by atomic mass is 10.2. The van der Waals surface area contributed by atoms with Crippen LogP contribution in [0.15, 0.2) is 70.7 Å². The molecule has 3 rings (SSSR count). The van der Waals surface area contributed by atoms with E-state index in [1.165, 1.54) is 35.0 Å². The van der Waals surface area contributed by atoms with Gasteiger partial charge in [0.2, 0.25) is 0 Å². The number of carbonyl (C=O) groups is 1. The van der Waals surface area contributed by atoms with Crippen molar-refractivity contribution in [3.05, 3.63) is 104 Å². The van der Waals surface area contributed by atoms with E-state index in [0.717, 1.165) is 5.56 Å². The van der Waals surface area contributed by atoms with Gasteiger partial charge in [-0.25, -0.2) is 9.82 Å². The normalized spacial score (nSPS) is 11.0. The van der Waals surface area contributed by atoms with Crippen LogP contribution in [0.1, 0.15) is 21.5 Å². The SMILES string of the molecule is O=C(N/N=C\c1cccc(F)c1)c1cccn(Cc2ccc(Cl)c(Cl)c2)c1=O. The first-order valence-corrected chi connectivity index (χ1v) is 8.92. The standard InChI is InChI=1S/C20H14Cl2FN3O2/c21-17-7-6-14(10-18(17)22)12-26-8-2-5-16(20(26)28)19(27)25-24-11-13-3-1-4-15(23)9-13/h1-11H,12H2,(H,25,27)/b24-11-. The number of hydrogen-bond donors (Lipinski definition) is 1. The maximum absolute atomic E-state index is 13.1. The highest BCUT2D eigenvalue weighted by atomic mass is 35.5. The maximum atomic E-state index is 13.1. The maximum Gasteiger partial charge on any atom is 0.276 e. The minimum atomic E-state index is -0.666. The fourth-order valence-electron chi connectivity index (χ4n) is 2.48. The van der Waals surface area contributed by atoms with Crippen LogP contribution < -0.4 is 11.0 Å². The molecule has 8 heteroatoms. The van der Waals surface area contributed by atoms with Crippen LogP contribution in [0.3, 0.4) is 0 Å². The number of benzene rings is 2. The Balaban J connectivity index is 1.75. The number of pyridine rings is 1. The molecule has 0 unspecified atom stereocenters. The third kappa shape index (κ3) is 4.85. The van der Waals surface area contributed by atoms with Crippen LogP contribution in [0.25, 0.3) is 0 Å². The molecule has 1 amide bonds. The summed E-state index contributed by atoms with van der Waals surface area (Å²) in [6.07, 6.45) is 2.86. The second-order valence-electron chi connectivity index (χ2n) is 5.86. The molecular formula is C20H14Cl2FN3O2. The van der Waals surface area contributed by atoms with Gasteiger partial charge in [0.05, 0.1) is 22.8 Å². The number of halogens is 3. The molecule has 1 aromatic heterocycles. The molecule has 0 aliphatic carbocycles. The summed E-state index contributed by atoms with van der Waals surface area (Å²) in [5, 5.41) is 4.56. The van der Waals surface area contributed by atoms with Gasteiger partial charge < -0.3 is 4.57 Å². The van der Waals surface area contributed by atoms with E-state index in [1.54, 1.807) is 36.5 Å². The van der Waals surface area contributed by atoms with Gasteiger partial charge >= 0.3 is 0 Å². The lowest BCUT2D eigenvalue weighted by Gasteiger charge is -2.08. The summed E-state index contributed by atoms with van der Waals surface area (Å²) in [5.74, 6) is -1.08. The van der Waals surface area contributed by atoms with Gasteiger partial charge in [-0.2, -0.15) is 5.10 Å². The van der Waals surface area contributed by atoms with Crippen molar-refractivity contribution in [1.82, 2.24) is 9.99 Å². The molecule has 0 aliphatic rings. The Bertz CT molecular complexity index is 1110. The largest absolute Gasteiger partial charge is 0.310 e. The number of nitrogens with one attached hydrogen (secondary N) is 1. The van der Waals surface area contributed by atoms with Crippen LogP contribution in [0.5, 0.6) is 0 Å². The van der Waals surface area contributed by atoms with E-state index in [1.807, 2.05) is 0 Å². The van der Waals surface area contributed by atoms with Crippen LogP contribution in [0.4, 0.5) is 4.39 Å². The fourth-order valence-corrected chi connectivity index (χ4v) is 2.80. The topological polar surface area (TPSA) is 63.5 Å². The van der Waals surface area contributed by atoms with Gasteiger partial charge in [-0.3, -0.25) is 9.59 Å². The van der Waals surface area contributed by atoms with E-state index in [9.17, 15) is 14.0 Å². The average molecular weight is 418 g/mol. The Morgan fingerprint density at radius 2 is 1.93 bits per heavy atom. The number of aromatic nitrogens is 1. The minimum absolute atomic E-state index is 0.0704. The van der Waals surface area contributed by atoms with Crippen molar-refractivity contribution < 1.29 is 9.18 Å². The molecule has 28 heavy (non-hydrogen) atoms. The van der Waals surface area contributed by atoms with Crippen molar-refractivity contribution in [1.29, 1.82) is 0 Å². The summed E-state index contributed by atoms with van der Waals surface area (Å²) in [6, 6.07) is 13.8. The van der Waals surface area contributed by atoms with Crippen molar-refractivity contribution in [2.45, 2.75) is 6.54 Å². The first-order chi connectivity index (χ1) is 13.4. The van der Waals surface area contributed by atoms with Crippen LogP contribution >= 0.6 is 23.2 Å². The monoisotopic (exact) mass is 417 g/mol. The summed E-state index contributed by atoms with van der Waals surface area (Å²) in [6.45, 7) is 0.226. The number of carbonyl (C=O) groups excluding carboxylic acids is 1. The molecule has 2 aromatic carbocycles. The summed E-state index contributed by atoms with van der Waals surface area (Å²) in [7, 11) is 0.